The first kappa shape index (κ1) is 12.6. The van der Waals surface area contributed by atoms with Gasteiger partial charge in [0.2, 0.25) is 0 Å². The van der Waals surface area contributed by atoms with E-state index >= 15 is 0 Å². The van der Waals surface area contributed by atoms with Crippen LogP contribution >= 0.6 is 0 Å². The Morgan fingerprint density at radius 3 is 2.90 bits per heavy atom. The third kappa shape index (κ3) is 2.78. The Hall–Kier alpha value is -2.40. The van der Waals surface area contributed by atoms with E-state index in [2.05, 4.69) is 20.5 Å². The quantitative estimate of drug-likeness (QED) is 0.746. The maximum absolute atomic E-state index is 5.62. The van der Waals surface area contributed by atoms with Crippen LogP contribution in [0, 0.1) is 6.92 Å². The zero-order valence-corrected chi connectivity index (χ0v) is 11.3. The number of pyridine rings is 1. The van der Waals surface area contributed by atoms with E-state index in [-0.39, 0.29) is 0 Å². The van der Waals surface area contributed by atoms with Crippen LogP contribution < -0.4 is 5.32 Å². The summed E-state index contributed by atoms with van der Waals surface area (Å²) in [5.74, 6) is 1.71. The first-order chi connectivity index (χ1) is 9.83. The van der Waals surface area contributed by atoms with Gasteiger partial charge in [0.25, 0.3) is 0 Å². The second-order valence-electron chi connectivity index (χ2n) is 4.65. The van der Waals surface area contributed by atoms with Crippen molar-refractivity contribution in [2.75, 3.05) is 0 Å². The van der Waals surface area contributed by atoms with E-state index < -0.39 is 0 Å². The minimum Gasteiger partial charge on any atom is -0.460 e. The van der Waals surface area contributed by atoms with E-state index in [9.17, 15) is 0 Å². The molecule has 5 heteroatoms. The molecule has 0 aliphatic heterocycles. The average molecular weight is 268 g/mol. The predicted molar refractivity (Wildman–Crippen MR) is 75.8 cm³/mol. The molecule has 0 fully saturated rings. The van der Waals surface area contributed by atoms with Crippen molar-refractivity contribution in [3.63, 3.8) is 0 Å². The fourth-order valence-electron chi connectivity index (χ4n) is 2.07. The Bertz CT molecular complexity index is 672. The van der Waals surface area contributed by atoms with E-state index in [4.69, 9.17) is 4.42 Å². The molecule has 0 saturated carbocycles. The van der Waals surface area contributed by atoms with Crippen LogP contribution in [0.4, 0.5) is 0 Å². The minimum atomic E-state index is 0.723. The summed E-state index contributed by atoms with van der Waals surface area (Å²) in [6.45, 7) is 3.43. The standard InChI is InChI=1S/C15H16N4O/c1-11-4-5-14(20-11)15-13(10-18-19-15)9-17-8-12-3-2-6-16-7-12/h2-7,10,17H,8-9H2,1H3,(H,18,19). The molecule has 3 aromatic rings. The van der Waals surface area contributed by atoms with E-state index in [0.29, 0.717) is 0 Å². The van der Waals surface area contributed by atoms with Crippen molar-refractivity contribution < 1.29 is 4.42 Å². The SMILES string of the molecule is Cc1ccc(-c2[nH]ncc2CNCc2cccnc2)o1. The lowest BCUT2D eigenvalue weighted by Crippen LogP contribution is -2.12. The van der Waals surface area contributed by atoms with Gasteiger partial charge in [-0.3, -0.25) is 10.1 Å². The van der Waals surface area contributed by atoms with Gasteiger partial charge in [0, 0.05) is 31.0 Å². The normalized spacial score (nSPS) is 10.8. The number of aromatic amines is 1. The molecular formula is C15H16N4O. The maximum Gasteiger partial charge on any atom is 0.152 e. The van der Waals surface area contributed by atoms with Gasteiger partial charge < -0.3 is 9.73 Å². The number of furan rings is 1. The molecular weight excluding hydrogens is 252 g/mol. The first-order valence-electron chi connectivity index (χ1n) is 6.51. The van der Waals surface area contributed by atoms with Crippen LogP contribution in [0.15, 0.2) is 47.3 Å². The molecule has 3 heterocycles. The van der Waals surface area contributed by atoms with Crippen molar-refractivity contribution in [2.24, 2.45) is 0 Å². The molecule has 2 N–H and O–H groups in total. The van der Waals surface area contributed by atoms with Crippen molar-refractivity contribution in [2.45, 2.75) is 20.0 Å². The lowest BCUT2D eigenvalue weighted by atomic mass is 10.2. The maximum atomic E-state index is 5.62. The Morgan fingerprint density at radius 1 is 1.20 bits per heavy atom. The lowest BCUT2D eigenvalue weighted by Gasteiger charge is -2.04. The van der Waals surface area contributed by atoms with Gasteiger partial charge in [-0.25, -0.2) is 0 Å². The summed E-state index contributed by atoms with van der Waals surface area (Å²) in [5, 5.41) is 10.5. The number of rotatable bonds is 5. The van der Waals surface area contributed by atoms with Gasteiger partial charge in [0.15, 0.2) is 5.76 Å². The molecule has 3 rings (SSSR count). The Labute approximate surface area is 117 Å². The van der Waals surface area contributed by atoms with Gasteiger partial charge >= 0.3 is 0 Å². The number of aryl methyl sites for hydroxylation is 1. The highest BCUT2D eigenvalue weighted by molar-refractivity contribution is 5.56. The van der Waals surface area contributed by atoms with E-state index in [1.54, 1.807) is 6.20 Å². The van der Waals surface area contributed by atoms with Gasteiger partial charge in [-0.1, -0.05) is 6.07 Å². The second-order valence-corrected chi connectivity index (χ2v) is 4.65. The number of H-pyrrole nitrogens is 1. The highest BCUT2D eigenvalue weighted by atomic mass is 16.3. The predicted octanol–water partition coefficient (Wildman–Crippen LogP) is 2.66. The van der Waals surface area contributed by atoms with Gasteiger partial charge in [-0.15, -0.1) is 0 Å². The molecule has 0 unspecified atom stereocenters. The van der Waals surface area contributed by atoms with Crippen LogP contribution in [-0.4, -0.2) is 15.2 Å². The number of aromatic nitrogens is 3. The zero-order valence-electron chi connectivity index (χ0n) is 11.3. The third-order valence-corrected chi connectivity index (χ3v) is 3.07. The molecule has 0 spiro atoms. The van der Waals surface area contributed by atoms with E-state index in [1.807, 2.05) is 43.6 Å². The molecule has 0 bridgehead atoms. The summed E-state index contributed by atoms with van der Waals surface area (Å²) in [6.07, 6.45) is 5.46. The minimum absolute atomic E-state index is 0.723. The molecule has 5 nitrogen and oxygen atoms in total. The number of nitrogens with zero attached hydrogens (tertiary/aromatic N) is 2. The molecule has 20 heavy (non-hydrogen) atoms. The molecule has 3 aromatic heterocycles. The van der Waals surface area contributed by atoms with Gasteiger partial charge in [0.05, 0.1) is 6.20 Å². The van der Waals surface area contributed by atoms with Gasteiger partial charge in [-0.2, -0.15) is 5.10 Å². The van der Waals surface area contributed by atoms with Crippen molar-refractivity contribution in [1.29, 1.82) is 0 Å². The fraction of sp³-hybridized carbons (Fsp3) is 0.200. The monoisotopic (exact) mass is 268 g/mol. The summed E-state index contributed by atoms with van der Waals surface area (Å²) < 4.78 is 5.62. The van der Waals surface area contributed by atoms with Crippen LogP contribution in [0.5, 0.6) is 0 Å². The van der Waals surface area contributed by atoms with Gasteiger partial charge in [0.1, 0.15) is 11.5 Å². The highest BCUT2D eigenvalue weighted by Crippen LogP contribution is 2.23. The average Bonchev–Trinajstić information content (AvgIpc) is 3.09. The third-order valence-electron chi connectivity index (χ3n) is 3.07. The molecule has 0 aliphatic carbocycles. The molecule has 102 valence electrons. The summed E-state index contributed by atoms with van der Waals surface area (Å²) in [4.78, 5) is 4.09. The van der Waals surface area contributed by atoms with Crippen molar-refractivity contribution >= 4 is 0 Å². The molecule has 0 saturated heterocycles. The summed E-state index contributed by atoms with van der Waals surface area (Å²) >= 11 is 0. The molecule has 0 amide bonds. The fourth-order valence-corrected chi connectivity index (χ4v) is 2.07. The van der Waals surface area contributed by atoms with Crippen LogP contribution in [-0.2, 0) is 13.1 Å². The molecule has 0 aliphatic rings. The van der Waals surface area contributed by atoms with Crippen LogP contribution in [0.3, 0.4) is 0 Å². The summed E-state index contributed by atoms with van der Waals surface area (Å²) in [6, 6.07) is 7.88. The number of hydrogen-bond acceptors (Lipinski definition) is 4. The molecule has 0 atom stereocenters. The first-order valence-corrected chi connectivity index (χ1v) is 6.51. The Balaban J connectivity index is 1.65. The van der Waals surface area contributed by atoms with Crippen molar-refractivity contribution in [1.82, 2.24) is 20.5 Å². The summed E-state index contributed by atoms with van der Waals surface area (Å²) in [5.41, 5.74) is 3.17. The lowest BCUT2D eigenvalue weighted by molar-refractivity contribution is 0.545. The second kappa shape index (κ2) is 5.71. The molecule has 0 aromatic carbocycles. The smallest absolute Gasteiger partial charge is 0.152 e. The highest BCUT2D eigenvalue weighted by Gasteiger charge is 2.10. The number of nitrogens with one attached hydrogen (secondary N) is 2. The topological polar surface area (TPSA) is 66.7 Å². The molecule has 0 radical (unpaired) electrons. The van der Waals surface area contributed by atoms with Crippen LogP contribution in [0.2, 0.25) is 0 Å². The van der Waals surface area contributed by atoms with Crippen LogP contribution in [0.25, 0.3) is 11.5 Å². The van der Waals surface area contributed by atoms with E-state index in [0.717, 1.165) is 41.4 Å². The Kier molecular flexibility index (Phi) is 3.60. The summed E-state index contributed by atoms with van der Waals surface area (Å²) in [7, 11) is 0. The van der Waals surface area contributed by atoms with Crippen molar-refractivity contribution in [3.05, 3.63) is 59.7 Å². The zero-order chi connectivity index (χ0) is 13.8. The number of hydrogen-bond donors (Lipinski definition) is 2. The van der Waals surface area contributed by atoms with Crippen molar-refractivity contribution in [3.8, 4) is 11.5 Å². The van der Waals surface area contributed by atoms with Gasteiger partial charge in [-0.05, 0) is 30.7 Å². The largest absolute Gasteiger partial charge is 0.460 e. The van der Waals surface area contributed by atoms with E-state index in [1.165, 1.54) is 0 Å². The Morgan fingerprint density at radius 2 is 2.15 bits per heavy atom. The van der Waals surface area contributed by atoms with Crippen LogP contribution in [0.1, 0.15) is 16.9 Å².